The quantitative estimate of drug-likeness (QED) is 0.442. The zero-order valence-electron chi connectivity index (χ0n) is 10.4. The van der Waals surface area contributed by atoms with Gasteiger partial charge in [0.1, 0.15) is 0 Å². The lowest BCUT2D eigenvalue weighted by Gasteiger charge is -2.41. The van der Waals surface area contributed by atoms with Crippen LogP contribution in [0.15, 0.2) is 0 Å². The van der Waals surface area contributed by atoms with Crippen molar-refractivity contribution in [1.82, 2.24) is 19.6 Å². The van der Waals surface area contributed by atoms with Gasteiger partial charge in [0, 0.05) is 52.4 Å². The van der Waals surface area contributed by atoms with Gasteiger partial charge >= 0.3 is 0 Å². The van der Waals surface area contributed by atoms with Crippen molar-refractivity contribution in [1.29, 1.82) is 5.41 Å². The standard InChI is InChI=1S/C11H23N5/c1-13-3-7-15(8-4-13)11(12)16-9-5-14(2)6-10-16/h12H,3-10H2,1-2H3. The van der Waals surface area contributed by atoms with Crippen molar-refractivity contribution in [3.05, 3.63) is 0 Å². The van der Waals surface area contributed by atoms with Gasteiger partial charge in [-0.3, -0.25) is 5.41 Å². The van der Waals surface area contributed by atoms with Crippen LogP contribution in [0.25, 0.3) is 0 Å². The second-order valence-electron chi connectivity index (χ2n) is 4.90. The van der Waals surface area contributed by atoms with Crippen LogP contribution < -0.4 is 0 Å². The summed E-state index contributed by atoms with van der Waals surface area (Å²) < 4.78 is 0. The maximum Gasteiger partial charge on any atom is 0.193 e. The minimum absolute atomic E-state index is 0.737. The Balaban J connectivity index is 1.83. The Hall–Kier alpha value is -0.810. The summed E-state index contributed by atoms with van der Waals surface area (Å²) in [5, 5.41) is 8.22. The molecule has 0 aromatic heterocycles. The summed E-state index contributed by atoms with van der Waals surface area (Å²) in [6.45, 7) is 8.32. The largest absolute Gasteiger partial charge is 0.340 e. The minimum Gasteiger partial charge on any atom is -0.340 e. The zero-order valence-corrected chi connectivity index (χ0v) is 10.4. The van der Waals surface area contributed by atoms with Crippen LogP contribution in [0.4, 0.5) is 0 Å². The molecular weight excluding hydrogens is 202 g/mol. The normalized spacial score (nSPS) is 24.9. The third-order valence-corrected chi connectivity index (χ3v) is 3.61. The Morgan fingerprint density at radius 2 is 1.00 bits per heavy atom. The van der Waals surface area contributed by atoms with E-state index in [4.69, 9.17) is 5.41 Å². The van der Waals surface area contributed by atoms with Crippen LogP contribution in [0.3, 0.4) is 0 Å². The molecule has 0 spiro atoms. The molecule has 0 unspecified atom stereocenters. The van der Waals surface area contributed by atoms with E-state index >= 15 is 0 Å². The molecule has 2 heterocycles. The molecular formula is C11H23N5. The van der Waals surface area contributed by atoms with Crippen molar-refractivity contribution in [3.8, 4) is 0 Å². The van der Waals surface area contributed by atoms with Gasteiger partial charge in [-0.15, -0.1) is 0 Å². The molecule has 0 aromatic rings. The van der Waals surface area contributed by atoms with Gasteiger partial charge in [0.2, 0.25) is 0 Å². The fraction of sp³-hybridized carbons (Fsp3) is 0.909. The van der Waals surface area contributed by atoms with Gasteiger partial charge in [0.05, 0.1) is 0 Å². The van der Waals surface area contributed by atoms with E-state index in [0.29, 0.717) is 0 Å². The summed E-state index contributed by atoms with van der Waals surface area (Å²) in [5.41, 5.74) is 0. The van der Waals surface area contributed by atoms with Gasteiger partial charge in [0.15, 0.2) is 5.96 Å². The van der Waals surface area contributed by atoms with Crippen LogP contribution >= 0.6 is 0 Å². The highest BCUT2D eigenvalue weighted by Crippen LogP contribution is 2.06. The summed E-state index contributed by atoms with van der Waals surface area (Å²) in [7, 11) is 4.30. The van der Waals surface area contributed by atoms with E-state index in [0.717, 1.165) is 58.3 Å². The van der Waals surface area contributed by atoms with Crippen LogP contribution in [-0.2, 0) is 0 Å². The number of guanidine groups is 1. The first-order valence-corrected chi connectivity index (χ1v) is 6.12. The molecule has 2 fully saturated rings. The summed E-state index contributed by atoms with van der Waals surface area (Å²) in [4.78, 5) is 9.08. The molecule has 2 rings (SSSR count). The molecule has 0 amide bonds. The topological polar surface area (TPSA) is 36.8 Å². The monoisotopic (exact) mass is 225 g/mol. The number of nitrogens with zero attached hydrogens (tertiary/aromatic N) is 4. The average Bonchev–Trinajstić information content (AvgIpc) is 2.30. The van der Waals surface area contributed by atoms with E-state index in [1.54, 1.807) is 0 Å². The lowest BCUT2D eigenvalue weighted by atomic mass is 10.3. The molecule has 0 aliphatic carbocycles. The molecule has 0 saturated carbocycles. The van der Waals surface area contributed by atoms with Crippen molar-refractivity contribution in [3.63, 3.8) is 0 Å². The lowest BCUT2D eigenvalue weighted by Crippen LogP contribution is -2.56. The van der Waals surface area contributed by atoms with Crippen LogP contribution in [-0.4, -0.2) is 92.0 Å². The van der Waals surface area contributed by atoms with Gasteiger partial charge in [-0.2, -0.15) is 0 Å². The van der Waals surface area contributed by atoms with E-state index in [1.807, 2.05) is 0 Å². The maximum absolute atomic E-state index is 8.22. The van der Waals surface area contributed by atoms with E-state index in [9.17, 15) is 0 Å². The van der Waals surface area contributed by atoms with Crippen LogP contribution in [0.5, 0.6) is 0 Å². The number of hydrogen-bond acceptors (Lipinski definition) is 3. The Morgan fingerprint density at radius 3 is 1.31 bits per heavy atom. The summed E-state index contributed by atoms with van der Waals surface area (Å²) in [5.74, 6) is 0.737. The molecule has 5 heteroatoms. The summed E-state index contributed by atoms with van der Waals surface area (Å²) in [6.07, 6.45) is 0. The summed E-state index contributed by atoms with van der Waals surface area (Å²) >= 11 is 0. The van der Waals surface area contributed by atoms with Crippen molar-refractivity contribution in [2.45, 2.75) is 0 Å². The Bertz CT molecular complexity index is 215. The second kappa shape index (κ2) is 5.01. The van der Waals surface area contributed by atoms with Crippen LogP contribution in [0.2, 0.25) is 0 Å². The fourth-order valence-electron chi connectivity index (χ4n) is 2.24. The Morgan fingerprint density at radius 1 is 0.688 bits per heavy atom. The summed E-state index contributed by atoms with van der Waals surface area (Å²) in [6, 6.07) is 0. The van der Waals surface area contributed by atoms with E-state index < -0.39 is 0 Å². The average molecular weight is 225 g/mol. The SMILES string of the molecule is CN1CCN(C(=N)N2CCN(C)CC2)CC1. The number of likely N-dealkylation sites (N-methyl/N-ethyl adjacent to an activating group) is 2. The third kappa shape index (κ3) is 2.65. The fourth-order valence-corrected chi connectivity index (χ4v) is 2.24. The van der Waals surface area contributed by atoms with Crippen molar-refractivity contribution in [2.24, 2.45) is 0 Å². The number of hydrogen-bond donors (Lipinski definition) is 1. The molecule has 0 aromatic carbocycles. The molecule has 16 heavy (non-hydrogen) atoms. The lowest BCUT2D eigenvalue weighted by molar-refractivity contribution is 0.166. The first-order chi connectivity index (χ1) is 7.66. The minimum atomic E-state index is 0.737. The van der Waals surface area contributed by atoms with E-state index in [1.165, 1.54) is 0 Å². The molecule has 2 saturated heterocycles. The van der Waals surface area contributed by atoms with Gasteiger partial charge < -0.3 is 19.6 Å². The first-order valence-electron chi connectivity index (χ1n) is 6.12. The molecule has 1 N–H and O–H groups in total. The zero-order chi connectivity index (χ0) is 11.5. The molecule has 92 valence electrons. The molecule has 5 nitrogen and oxygen atoms in total. The molecule has 0 bridgehead atoms. The van der Waals surface area contributed by atoms with Crippen molar-refractivity contribution >= 4 is 5.96 Å². The van der Waals surface area contributed by atoms with Crippen LogP contribution in [0.1, 0.15) is 0 Å². The van der Waals surface area contributed by atoms with E-state index in [2.05, 4.69) is 33.7 Å². The highest BCUT2D eigenvalue weighted by atomic mass is 15.4. The number of nitrogens with one attached hydrogen (secondary N) is 1. The maximum atomic E-state index is 8.22. The molecule has 0 radical (unpaired) electrons. The van der Waals surface area contributed by atoms with Crippen LogP contribution in [0, 0.1) is 5.41 Å². The smallest absolute Gasteiger partial charge is 0.193 e. The Kier molecular flexibility index (Phi) is 3.66. The predicted octanol–water partition coefficient (Wildman–Crippen LogP) is -0.584. The van der Waals surface area contributed by atoms with Gasteiger partial charge in [0.25, 0.3) is 0 Å². The van der Waals surface area contributed by atoms with Gasteiger partial charge in [-0.25, -0.2) is 0 Å². The van der Waals surface area contributed by atoms with Gasteiger partial charge in [-0.05, 0) is 14.1 Å². The highest BCUT2D eigenvalue weighted by molar-refractivity contribution is 5.77. The molecule has 2 aliphatic rings. The number of piperazine rings is 2. The second-order valence-corrected chi connectivity index (χ2v) is 4.90. The number of rotatable bonds is 0. The van der Waals surface area contributed by atoms with E-state index in [-0.39, 0.29) is 0 Å². The Labute approximate surface area is 98.1 Å². The van der Waals surface area contributed by atoms with Crippen molar-refractivity contribution in [2.75, 3.05) is 66.5 Å². The van der Waals surface area contributed by atoms with Gasteiger partial charge in [-0.1, -0.05) is 0 Å². The highest BCUT2D eigenvalue weighted by Gasteiger charge is 2.23. The van der Waals surface area contributed by atoms with Crippen molar-refractivity contribution < 1.29 is 0 Å². The first kappa shape index (κ1) is 11.7. The predicted molar refractivity (Wildman–Crippen MR) is 65.9 cm³/mol. The third-order valence-electron chi connectivity index (χ3n) is 3.61. The molecule has 2 aliphatic heterocycles. The molecule has 0 atom stereocenters.